The van der Waals surface area contributed by atoms with Gasteiger partial charge in [-0.15, -0.1) is 0 Å². The first-order chi connectivity index (χ1) is 11.5. The number of fused-ring (bicyclic) bond motifs is 1. The van der Waals surface area contributed by atoms with E-state index in [9.17, 15) is 14.0 Å². The fourth-order valence-electron chi connectivity index (χ4n) is 3.30. The van der Waals surface area contributed by atoms with Crippen LogP contribution >= 0.6 is 15.9 Å². The molecule has 6 nitrogen and oxygen atoms in total. The van der Waals surface area contributed by atoms with Gasteiger partial charge in [0.1, 0.15) is 18.2 Å². The second kappa shape index (κ2) is 5.42. The number of carbonyl (C=O) groups excluding carboxylic acids is 1. The summed E-state index contributed by atoms with van der Waals surface area (Å²) in [5.74, 6) is -0.553. The van der Waals surface area contributed by atoms with Gasteiger partial charge in [-0.3, -0.25) is 19.4 Å². The van der Waals surface area contributed by atoms with Gasteiger partial charge in [0, 0.05) is 18.5 Å². The predicted molar refractivity (Wildman–Crippen MR) is 88.5 cm³/mol. The standard InChI is InChI=1S/C16H13BrFN3O3/c1-21-15-14(16(23)20-21)12(7-2-3-9(18)8(17)4-7)13-10(19-15)5-24-6-11(13)22/h2-4,12,19H,5-6H2,1H3,(H,20,23). The van der Waals surface area contributed by atoms with Crippen LogP contribution in [0.25, 0.3) is 0 Å². The van der Waals surface area contributed by atoms with E-state index in [1.807, 2.05) is 0 Å². The van der Waals surface area contributed by atoms with Gasteiger partial charge in [-0.1, -0.05) is 6.07 Å². The number of ether oxygens (including phenoxy) is 1. The van der Waals surface area contributed by atoms with E-state index in [-0.39, 0.29) is 29.0 Å². The molecule has 1 unspecified atom stereocenters. The number of aryl methyl sites for hydroxylation is 1. The summed E-state index contributed by atoms with van der Waals surface area (Å²) in [4.78, 5) is 24.9. The lowest BCUT2D eigenvalue weighted by Crippen LogP contribution is -2.34. The molecule has 0 saturated carbocycles. The number of Topliss-reactive ketones (excluding diaryl/α,β-unsaturated/α-hetero) is 1. The predicted octanol–water partition coefficient (Wildman–Crippen LogP) is 2.03. The fourth-order valence-corrected chi connectivity index (χ4v) is 3.69. The van der Waals surface area contributed by atoms with Gasteiger partial charge in [0.2, 0.25) is 0 Å². The Labute approximate surface area is 144 Å². The molecular formula is C16H13BrFN3O3. The van der Waals surface area contributed by atoms with E-state index in [2.05, 4.69) is 26.3 Å². The number of halogens is 2. The number of H-pyrrole nitrogens is 1. The Bertz CT molecular complexity index is 960. The van der Waals surface area contributed by atoms with E-state index in [0.29, 0.717) is 28.2 Å². The maximum atomic E-state index is 13.6. The molecule has 24 heavy (non-hydrogen) atoms. The lowest BCUT2D eigenvalue weighted by Gasteiger charge is -2.31. The Balaban J connectivity index is 2.00. The highest BCUT2D eigenvalue weighted by atomic mass is 79.9. The Morgan fingerprint density at radius 3 is 2.88 bits per heavy atom. The van der Waals surface area contributed by atoms with Crippen LogP contribution in [0.15, 0.2) is 38.7 Å². The molecule has 124 valence electrons. The van der Waals surface area contributed by atoms with Crippen molar-refractivity contribution in [1.29, 1.82) is 0 Å². The number of nitrogens with one attached hydrogen (secondary N) is 2. The zero-order chi connectivity index (χ0) is 17.0. The summed E-state index contributed by atoms with van der Waals surface area (Å²) < 4.78 is 20.8. The number of hydrogen-bond donors (Lipinski definition) is 2. The Morgan fingerprint density at radius 1 is 1.33 bits per heavy atom. The summed E-state index contributed by atoms with van der Waals surface area (Å²) in [5.41, 5.74) is 1.98. The van der Waals surface area contributed by atoms with Crippen molar-refractivity contribution in [3.8, 4) is 0 Å². The molecule has 8 heteroatoms. The van der Waals surface area contributed by atoms with E-state index >= 15 is 0 Å². The first kappa shape index (κ1) is 15.3. The number of nitrogens with zero attached hydrogens (tertiary/aromatic N) is 1. The normalized spacial score (nSPS) is 19.8. The third-order valence-corrected chi connectivity index (χ3v) is 4.94. The van der Waals surface area contributed by atoms with E-state index in [4.69, 9.17) is 4.74 Å². The van der Waals surface area contributed by atoms with Gasteiger partial charge in [-0.25, -0.2) is 4.39 Å². The highest BCUT2D eigenvalue weighted by molar-refractivity contribution is 9.10. The average molecular weight is 394 g/mol. The van der Waals surface area contributed by atoms with Gasteiger partial charge < -0.3 is 10.1 Å². The Morgan fingerprint density at radius 2 is 2.12 bits per heavy atom. The molecule has 0 fully saturated rings. The number of benzene rings is 1. The molecule has 2 aromatic rings. The van der Waals surface area contributed by atoms with Crippen LogP contribution in [-0.2, 0) is 16.6 Å². The molecule has 0 saturated heterocycles. The number of anilines is 1. The average Bonchev–Trinajstić information content (AvgIpc) is 2.83. The van der Waals surface area contributed by atoms with Gasteiger partial charge in [-0.2, -0.15) is 0 Å². The summed E-state index contributed by atoms with van der Waals surface area (Å²) in [5, 5.41) is 5.83. The van der Waals surface area contributed by atoms with Crippen molar-refractivity contribution in [3.05, 3.63) is 61.2 Å². The summed E-state index contributed by atoms with van der Waals surface area (Å²) in [6.07, 6.45) is 0. The minimum absolute atomic E-state index is 0.0283. The van der Waals surface area contributed by atoms with Crippen molar-refractivity contribution in [2.75, 3.05) is 18.5 Å². The van der Waals surface area contributed by atoms with Crippen LogP contribution in [0, 0.1) is 5.82 Å². The number of hydrogen-bond acceptors (Lipinski definition) is 4. The summed E-state index contributed by atoms with van der Waals surface area (Å²) in [7, 11) is 1.71. The quantitative estimate of drug-likeness (QED) is 0.776. The third-order valence-electron chi connectivity index (χ3n) is 4.33. The van der Waals surface area contributed by atoms with Crippen LogP contribution < -0.4 is 10.9 Å². The summed E-state index contributed by atoms with van der Waals surface area (Å²) >= 11 is 3.17. The van der Waals surface area contributed by atoms with Crippen molar-refractivity contribution in [2.24, 2.45) is 7.05 Å². The molecule has 2 aliphatic heterocycles. The van der Waals surface area contributed by atoms with Gasteiger partial charge in [0.15, 0.2) is 5.78 Å². The fraction of sp³-hybridized carbons (Fsp3) is 0.250. The van der Waals surface area contributed by atoms with Crippen LogP contribution in [0.1, 0.15) is 17.0 Å². The van der Waals surface area contributed by atoms with E-state index in [1.54, 1.807) is 23.9 Å². The van der Waals surface area contributed by atoms with E-state index < -0.39 is 11.7 Å². The number of rotatable bonds is 1. The van der Waals surface area contributed by atoms with Crippen LogP contribution in [0.3, 0.4) is 0 Å². The molecule has 1 atom stereocenters. The molecular weight excluding hydrogens is 381 g/mol. The van der Waals surface area contributed by atoms with Gasteiger partial charge in [-0.05, 0) is 33.6 Å². The molecule has 3 heterocycles. The van der Waals surface area contributed by atoms with Crippen molar-refractivity contribution < 1.29 is 13.9 Å². The minimum atomic E-state index is -0.561. The van der Waals surface area contributed by atoms with Gasteiger partial charge >= 0.3 is 0 Å². The highest BCUT2D eigenvalue weighted by Crippen LogP contribution is 2.42. The second-order valence-electron chi connectivity index (χ2n) is 5.80. The molecule has 0 radical (unpaired) electrons. The molecule has 1 aromatic carbocycles. The van der Waals surface area contributed by atoms with E-state index in [0.717, 1.165) is 0 Å². The van der Waals surface area contributed by atoms with Crippen molar-refractivity contribution >= 4 is 27.5 Å². The SMILES string of the molecule is Cn1[nH]c(=O)c2c1NC1=C(C(=O)COC1)C2c1ccc(F)c(Br)c1. The highest BCUT2D eigenvalue weighted by Gasteiger charge is 2.39. The number of aromatic nitrogens is 2. The van der Waals surface area contributed by atoms with Crippen LogP contribution in [0.5, 0.6) is 0 Å². The second-order valence-corrected chi connectivity index (χ2v) is 6.66. The maximum absolute atomic E-state index is 13.6. The lowest BCUT2D eigenvalue weighted by atomic mass is 9.80. The molecule has 2 aliphatic rings. The molecule has 0 aliphatic carbocycles. The van der Waals surface area contributed by atoms with Gasteiger partial charge in [0.25, 0.3) is 5.56 Å². The number of aromatic amines is 1. The van der Waals surface area contributed by atoms with Crippen molar-refractivity contribution in [3.63, 3.8) is 0 Å². The van der Waals surface area contributed by atoms with Crippen LogP contribution in [0.2, 0.25) is 0 Å². The van der Waals surface area contributed by atoms with Crippen LogP contribution in [0.4, 0.5) is 10.2 Å². The monoisotopic (exact) mass is 393 g/mol. The smallest absolute Gasteiger partial charge is 0.270 e. The third kappa shape index (κ3) is 2.17. The Kier molecular flexibility index (Phi) is 3.47. The zero-order valence-electron chi connectivity index (χ0n) is 12.7. The molecule has 2 N–H and O–H groups in total. The molecule has 0 amide bonds. The molecule has 1 aromatic heterocycles. The molecule has 0 spiro atoms. The summed E-state index contributed by atoms with van der Waals surface area (Å²) in [6, 6.07) is 4.52. The number of ketones is 1. The zero-order valence-corrected chi connectivity index (χ0v) is 14.2. The first-order valence-corrected chi connectivity index (χ1v) is 8.11. The van der Waals surface area contributed by atoms with Gasteiger partial charge in [0.05, 0.1) is 22.3 Å². The minimum Gasteiger partial charge on any atom is -0.367 e. The van der Waals surface area contributed by atoms with E-state index in [1.165, 1.54) is 6.07 Å². The maximum Gasteiger partial charge on any atom is 0.270 e. The Hall–Kier alpha value is -2.19. The van der Waals surface area contributed by atoms with Crippen molar-refractivity contribution in [2.45, 2.75) is 5.92 Å². The van der Waals surface area contributed by atoms with Crippen molar-refractivity contribution in [1.82, 2.24) is 9.78 Å². The molecule has 4 rings (SSSR count). The lowest BCUT2D eigenvalue weighted by molar-refractivity contribution is -0.121. The first-order valence-electron chi connectivity index (χ1n) is 7.32. The topological polar surface area (TPSA) is 76.1 Å². The van der Waals surface area contributed by atoms with Crippen LogP contribution in [-0.4, -0.2) is 28.8 Å². The molecule has 0 bridgehead atoms. The number of carbonyl (C=O) groups is 1. The summed E-state index contributed by atoms with van der Waals surface area (Å²) in [6.45, 7) is 0.234. The largest absolute Gasteiger partial charge is 0.367 e.